The second-order valence-electron chi connectivity index (χ2n) is 7.52. The van der Waals surface area contributed by atoms with E-state index in [1.54, 1.807) is 0 Å². The molecule has 1 aliphatic heterocycles. The molecule has 3 nitrogen and oxygen atoms in total. The van der Waals surface area contributed by atoms with Crippen LogP contribution in [0.2, 0.25) is 18.1 Å². The summed E-state index contributed by atoms with van der Waals surface area (Å²) in [5.41, 5.74) is 0.0185. The first kappa shape index (κ1) is 14.5. The lowest BCUT2D eigenvalue weighted by Gasteiger charge is -2.43. The highest BCUT2D eigenvalue weighted by Gasteiger charge is 2.57. The van der Waals surface area contributed by atoms with Crippen LogP contribution in [-0.2, 0) is 9.16 Å². The molecule has 0 aromatic heterocycles. The van der Waals surface area contributed by atoms with Crippen LogP contribution in [0.3, 0.4) is 0 Å². The molecule has 0 bridgehead atoms. The van der Waals surface area contributed by atoms with E-state index in [4.69, 9.17) is 9.16 Å². The molecule has 1 N–H and O–H groups in total. The zero-order valence-corrected chi connectivity index (χ0v) is 13.8. The molecular formula is C14H29NO2Si. The maximum Gasteiger partial charge on any atom is 0.192 e. The summed E-state index contributed by atoms with van der Waals surface area (Å²) in [5.74, 6) is 0. The lowest BCUT2D eigenvalue weighted by atomic mass is 10.1. The molecule has 2 atom stereocenters. The minimum Gasteiger partial charge on any atom is -0.409 e. The van der Waals surface area contributed by atoms with Crippen LogP contribution in [-0.4, -0.2) is 39.2 Å². The smallest absolute Gasteiger partial charge is 0.192 e. The van der Waals surface area contributed by atoms with Crippen LogP contribution in [0.1, 0.15) is 40.5 Å². The van der Waals surface area contributed by atoms with Crippen LogP contribution in [0, 0.1) is 0 Å². The first-order valence-electron chi connectivity index (χ1n) is 7.23. The van der Waals surface area contributed by atoms with Gasteiger partial charge >= 0.3 is 0 Å². The van der Waals surface area contributed by atoms with Crippen LogP contribution in [0.5, 0.6) is 0 Å². The van der Waals surface area contributed by atoms with Gasteiger partial charge in [-0.25, -0.2) is 0 Å². The van der Waals surface area contributed by atoms with Gasteiger partial charge < -0.3 is 14.5 Å². The van der Waals surface area contributed by atoms with Crippen LogP contribution >= 0.6 is 0 Å². The molecule has 1 saturated carbocycles. The molecular weight excluding hydrogens is 242 g/mol. The Morgan fingerprint density at radius 2 is 1.83 bits per heavy atom. The Hall–Kier alpha value is 0.0969. The third-order valence-electron chi connectivity index (χ3n) is 4.75. The van der Waals surface area contributed by atoms with Crippen molar-refractivity contribution in [1.82, 2.24) is 5.32 Å². The predicted octanol–water partition coefficient (Wildman–Crippen LogP) is 2.92. The maximum atomic E-state index is 6.66. The van der Waals surface area contributed by atoms with Gasteiger partial charge in [-0.1, -0.05) is 20.8 Å². The Morgan fingerprint density at radius 1 is 1.22 bits per heavy atom. The van der Waals surface area contributed by atoms with Crippen molar-refractivity contribution in [3.63, 3.8) is 0 Å². The van der Waals surface area contributed by atoms with Gasteiger partial charge in [-0.2, -0.15) is 0 Å². The second kappa shape index (κ2) is 4.58. The highest BCUT2D eigenvalue weighted by atomic mass is 28.4. The summed E-state index contributed by atoms with van der Waals surface area (Å²) in [4.78, 5) is 0. The number of rotatable bonds is 3. The first-order chi connectivity index (χ1) is 8.16. The van der Waals surface area contributed by atoms with Crippen molar-refractivity contribution < 1.29 is 9.16 Å². The fourth-order valence-electron chi connectivity index (χ4n) is 2.38. The van der Waals surface area contributed by atoms with E-state index in [2.05, 4.69) is 46.1 Å². The molecule has 2 fully saturated rings. The molecule has 0 aromatic carbocycles. The Kier molecular flexibility index (Phi) is 3.69. The summed E-state index contributed by atoms with van der Waals surface area (Å²) in [6.07, 6.45) is 2.89. The normalized spacial score (nSPS) is 32.3. The molecule has 18 heavy (non-hydrogen) atoms. The van der Waals surface area contributed by atoms with E-state index in [-0.39, 0.29) is 16.7 Å². The molecule has 2 aliphatic rings. The molecule has 106 valence electrons. The van der Waals surface area contributed by atoms with E-state index in [0.29, 0.717) is 6.10 Å². The predicted molar refractivity (Wildman–Crippen MR) is 77.5 cm³/mol. The van der Waals surface area contributed by atoms with Gasteiger partial charge in [-0.15, -0.1) is 0 Å². The number of morpholine rings is 1. The number of hydrogen-bond donors (Lipinski definition) is 1. The van der Waals surface area contributed by atoms with Gasteiger partial charge in [-0.3, -0.25) is 0 Å². The summed E-state index contributed by atoms with van der Waals surface area (Å²) in [6, 6.07) is 0. The van der Waals surface area contributed by atoms with Gasteiger partial charge in [0.05, 0.1) is 17.8 Å². The van der Waals surface area contributed by atoms with Gasteiger partial charge in [-0.05, 0) is 37.9 Å². The highest BCUT2D eigenvalue weighted by molar-refractivity contribution is 6.74. The number of hydrogen-bond acceptors (Lipinski definition) is 3. The van der Waals surface area contributed by atoms with Crippen molar-refractivity contribution >= 4 is 8.32 Å². The molecule has 4 heteroatoms. The molecule has 0 radical (unpaired) electrons. The van der Waals surface area contributed by atoms with Crippen LogP contribution < -0.4 is 5.32 Å². The number of nitrogens with one attached hydrogen (secondary N) is 1. The van der Waals surface area contributed by atoms with Crippen LogP contribution in [0.15, 0.2) is 0 Å². The molecule has 0 spiro atoms. The third-order valence-corrected chi connectivity index (χ3v) is 9.28. The average Bonchev–Trinajstić information content (AvgIpc) is 2.96. The monoisotopic (exact) mass is 271 g/mol. The summed E-state index contributed by atoms with van der Waals surface area (Å²) < 4.78 is 12.8. The number of ether oxygens (including phenoxy) is 1. The third kappa shape index (κ3) is 2.82. The quantitative estimate of drug-likeness (QED) is 0.801. The lowest BCUT2D eigenvalue weighted by molar-refractivity contribution is -0.0945. The van der Waals surface area contributed by atoms with Gasteiger partial charge in [0.15, 0.2) is 8.32 Å². The molecule has 2 rings (SSSR count). The molecule has 0 aromatic rings. The van der Waals surface area contributed by atoms with E-state index in [1.807, 2.05) is 0 Å². The Labute approximate surface area is 113 Å². The summed E-state index contributed by atoms with van der Waals surface area (Å²) >= 11 is 0. The zero-order chi connectivity index (χ0) is 13.6. The Bertz CT molecular complexity index is 307. The van der Waals surface area contributed by atoms with Crippen molar-refractivity contribution in [3.8, 4) is 0 Å². The van der Waals surface area contributed by atoms with Crippen molar-refractivity contribution in [2.45, 2.75) is 76.5 Å². The van der Waals surface area contributed by atoms with Crippen LogP contribution in [0.25, 0.3) is 0 Å². The fourth-order valence-corrected chi connectivity index (χ4v) is 4.04. The van der Waals surface area contributed by atoms with E-state index < -0.39 is 8.32 Å². The minimum atomic E-state index is -1.69. The van der Waals surface area contributed by atoms with Gasteiger partial charge in [0, 0.05) is 13.1 Å². The van der Waals surface area contributed by atoms with Crippen molar-refractivity contribution in [3.05, 3.63) is 0 Å². The largest absolute Gasteiger partial charge is 0.409 e. The first-order valence-corrected chi connectivity index (χ1v) is 10.1. The van der Waals surface area contributed by atoms with Gasteiger partial charge in [0.1, 0.15) is 0 Å². The highest BCUT2D eigenvalue weighted by Crippen LogP contribution is 2.50. The zero-order valence-electron chi connectivity index (χ0n) is 12.8. The maximum absolute atomic E-state index is 6.66. The van der Waals surface area contributed by atoms with E-state index in [1.165, 1.54) is 12.8 Å². The van der Waals surface area contributed by atoms with Gasteiger partial charge in [0.25, 0.3) is 0 Å². The van der Waals surface area contributed by atoms with E-state index >= 15 is 0 Å². The van der Waals surface area contributed by atoms with E-state index in [0.717, 1.165) is 13.1 Å². The standard InChI is InChI=1S/C14H29NO2Si/c1-11-9-15-10-12(16-11)14(7-8-14)17-18(5,6)13(2,3)4/h11-12,15H,7-10H2,1-6H3/t11-,12-/m1/s1. The van der Waals surface area contributed by atoms with Crippen molar-refractivity contribution in [1.29, 1.82) is 0 Å². The van der Waals surface area contributed by atoms with Crippen molar-refractivity contribution in [2.75, 3.05) is 13.1 Å². The van der Waals surface area contributed by atoms with Gasteiger partial charge in [0.2, 0.25) is 0 Å². The lowest BCUT2D eigenvalue weighted by Crippen LogP contribution is -2.55. The topological polar surface area (TPSA) is 30.5 Å². The second-order valence-corrected chi connectivity index (χ2v) is 12.2. The fraction of sp³-hybridized carbons (Fsp3) is 1.00. The summed E-state index contributed by atoms with van der Waals surface area (Å²) in [5, 5.41) is 3.74. The van der Waals surface area contributed by atoms with Crippen LogP contribution in [0.4, 0.5) is 0 Å². The molecule has 0 amide bonds. The molecule has 0 unspecified atom stereocenters. The molecule has 1 heterocycles. The van der Waals surface area contributed by atoms with E-state index in [9.17, 15) is 0 Å². The minimum absolute atomic E-state index is 0.0185. The Morgan fingerprint density at radius 3 is 2.28 bits per heavy atom. The molecule has 1 aliphatic carbocycles. The summed E-state index contributed by atoms with van der Waals surface area (Å²) in [6.45, 7) is 15.6. The SMILES string of the molecule is C[C@@H]1CNC[C@H](C2(O[Si](C)(C)C(C)(C)C)CC2)O1. The molecule has 1 saturated heterocycles. The summed E-state index contributed by atoms with van der Waals surface area (Å²) in [7, 11) is -1.69. The average molecular weight is 271 g/mol. The van der Waals surface area contributed by atoms with Crippen molar-refractivity contribution in [2.24, 2.45) is 0 Å². The Balaban J connectivity index is 2.04.